The van der Waals surface area contributed by atoms with Gasteiger partial charge in [-0.05, 0) is 18.3 Å². The molecule has 0 aromatic carbocycles. The lowest BCUT2D eigenvalue weighted by atomic mass is 9.86. The Morgan fingerprint density at radius 2 is 2.18 bits per heavy atom. The van der Waals surface area contributed by atoms with Crippen LogP contribution < -0.4 is 0 Å². The molecular formula is C9H16O2. The Morgan fingerprint density at radius 3 is 2.73 bits per heavy atom. The predicted molar refractivity (Wildman–Crippen MR) is 43.3 cm³/mol. The Bertz CT molecular complexity index is 132. The van der Waals surface area contributed by atoms with E-state index in [0.717, 1.165) is 19.3 Å². The summed E-state index contributed by atoms with van der Waals surface area (Å²) in [6.07, 6.45) is 2.04. The summed E-state index contributed by atoms with van der Waals surface area (Å²) >= 11 is 0. The SMILES string of the molecule is CC(C)C1COCC(C=O)C1. The highest BCUT2D eigenvalue weighted by atomic mass is 16.5. The van der Waals surface area contributed by atoms with Crippen LogP contribution in [-0.2, 0) is 9.53 Å². The van der Waals surface area contributed by atoms with Gasteiger partial charge in [-0.3, -0.25) is 0 Å². The summed E-state index contributed by atoms with van der Waals surface area (Å²) in [4.78, 5) is 10.4. The molecule has 0 aromatic rings. The maximum absolute atomic E-state index is 10.4. The molecule has 2 heteroatoms. The van der Waals surface area contributed by atoms with Gasteiger partial charge < -0.3 is 9.53 Å². The van der Waals surface area contributed by atoms with E-state index in [-0.39, 0.29) is 5.92 Å². The number of carbonyl (C=O) groups is 1. The van der Waals surface area contributed by atoms with E-state index in [0.29, 0.717) is 18.4 Å². The van der Waals surface area contributed by atoms with Crippen molar-refractivity contribution in [3.8, 4) is 0 Å². The summed E-state index contributed by atoms with van der Waals surface area (Å²) in [6, 6.07) is 0. The molecule has 1 fully saturated rings. The van der Waals surface area contributed by atoms with E-state index in [1.807, 2.05) is 0 Å². The first-order valence-electron chi connectivity index (χ1n) is 4.27. The average Bonchev–Trinajstić information content (AvgIpc) is 2.05. The van der Waals surface area contributed by atoms with E-state index in [9.17, 15) is 4.79 Å². The first-order chi connectivity index (χ1) is 5.24. The van der Waals surface area contributed by atoms with Crippen molar-refractivity contribution in [2.75, 3.05) is 13.2 Å². The van der Waals surface area contributed by atoms with Gasteiger partial charge in [0.2, 0.25) is 0 Å². The molecule has 0 bridgehead atoms. The molecule has 1 heterocycles. The molecule has 0 spiro atoms. The normalized spacial score (nSPS) is 32.3. The zero-order chi connectivity index (χ0) is 8.27. The summed E-state index contributed by atoms with van der Waals surface area (Å²) in [6.45, 7) is 5.83. The van der Waals surface area contributed by atoms with Crippen LogP contribution in [0.3, 0.4) is 0 Å². The van der Waals surface area contributed by atoms with Crippen LogP contribution in [0.2, 0.25) is 0 Å². The molecule has 2 nitrogen and oxygen atoms in total. The van der Waals surface area contributed by atoms with Crippen LogP contribution in [0.5, 0.6) is 0 Å². The van der Waals surface area contributed by atoms with E-state index < -0.39 is 0 Å². The van der Waals surface area contributed by atoms with Crippen LogP contribution in [0.15, 0.2) is 0 Å². The summed E-state index contributed by atoms with van der Waals surface area (Å²) in [7, 11) is 0. The second kappa shape index (κ2) is 3.86. The number of hydrogen-bond acceptors (Lipinski definition) is 2. The molecule has 0 N–H and O–H groups in total. The van der Waals surface area contributed by atoms with Gasteiger partial charge >= 0.3 is 0 Å². The highest BCUT2D eigenvalue weighted by Gasteiger charge is 2.23. The van der Waals surface area contributed by atoms with Gasteiger partial charge in [0.15, 0.2) is 0 Å². The van der Waals surface area contributed by atoms with Gasteiger partial charge in [0.25, 0.3) is 0 Å². The molecule has 2 unspecified atom stereocenters. The highest BCUT2D eigenvalue weighted by Crippen LogP contribution is 2.24. The van der Waals surface area contributed by atoms with Gasteiger partial charge in [-0.2, -0.15) is 0 Å². The minimum Gasteiger partial charge on any atom is -0.380 e. The first-order valence-corrected chi connectivity index (χ1v) is 4.27. The van der Waals surface area contributed by atoms with Crippen molar-refractivity contribution >= 4 is 6.29 Å². The second-order valence-electron chi connectivity index (χ2n) is 3.67. The summed E-state index contributed by atoms with van der Waals surface area (Å²) in [5.41, 5.74) is 0. The van der Waals surface area contributed by atoms with Crippen LogP contribution in [0, 0.1) is 17.8 Å². The zero-order valence-electron chi connectivity index (χ0n) is 7.25. The Kier molecular flexibility index (Phi) is 3.06. The third-order valence-corrected chi connectivity index (χ3v) is 2.40. The van der Waals surface area contributed by atoms with Crippen LogP contribution >= 0.6 is 0 Å². The van der Waals surface area contributed by atoms with Crippen LogP contribution in [0.1, 0.15) is 20.3 Å². The quantitative estimate of drug-likeness (QED) is 0.566. The highest BCUT2D eigenvalue weighted by molar-refractivity contribution is 5.53. The molecule has 0 aromatic heterocycles. The molecule has 1 aliphatic rings. The number of carbonyl (C=O) groups excluding carboxylic acids is 1. The van der Waals surface area contributed by atoms with Crippen LogP contribution in [-0.4, -0.2) is 19.5 Å². The Hall–Kier alpha value is -0.370. The van der Waals surface area contributed by atoms with Crippen molar-refractivity contribution in [3.05, 3.63) is 0 Å². The maximum atomic E-state index is 10.4. The van der Waals surface area contributed by atoms with Crippen molar-refractivity contribution in [2.45, 2.75) is 20.3 Å². The molecule has 1 saturated heterocycles. The Balaban J connectivity index is 2.39. The van der Waals surface area contributed by atoms with E-state index in [1.54, 1.807) is 0 Å². The number of aldehydes is 1. The summed E-state index contributed by atoms with van der Waals surface area (Å²) in [5.74, 6) is 1.37. The van der Waals surface area contributed by atoms with Crippen molar-refractivity contribution < 1.29 is 9.53 Å². The van der Waals surface area contributed by atoms with Gasteiger partial charge in [-0.1, -0.05) is 13.8 Å². The molecule has 11 heavy (non-hydrogen) atoms. The van der Waals surface area contributed by atoms with E-state index in [2.05, 4.69) is 13.8 Å². The molecule has 0 radical (unpaired) electrons. The fourth-order valence-corrected chi connectivity index (χ4v) is 1.46. The molecule has 64 valence electrons. The van der Waals surface area contributed by atoms with Crippen molar-refractivity contribution in [3.63, 3.8) is 0 Å². The number of hydrogen-bond donors (Lipinski definition) is 0. The topological polar surface area (TPSA) is 26.3 Å². The third kappa shape index (κ3) is 2.29. The molecule has 1 aliphatic heterocycles. The number of ether oxygens (including phenoxy) is 1. The van der Waals surface area contributed by atoms with Crippen molar-refractivity contribution in [1.29, 1.82) is 0 Å². The van der Waals surface area contributed by atoms with E-state index in [1.165, 1.54) is 0 Å². The minimum absolute atomic E-state index is 0.149. The predicted octanol–water partition coefficient (Wildman–Crippen LogP) is 1.49. The molecule has 0 aliphatic carbocycles. The Labute approximate surface area is 67.9 Å². The average molecular weight is 156 g/mol. The molecule has 2 atom stereocenters. The summed E-state index contributed by atoms with van der Waals surface area (Å²) in [5, 5.41) is 0. The largest absolute Gasteiger partial charge is 0.380 e. The third-order valence-electron chi connectivity index (χ3n) is 2.40. The molecule has 1 rings (SSSR count). The summed E-state index contributed by atoms with van der Waals surface area (Å²) < 4.78 is 5.32. The van der Waals surface area contributed by atoms with E-state index >= 15 is 0 Å². The van der Waals surface area contributed by atoms with Crippen molar-refractivity contribution in [2.24, 2.45) is 17.8 Å². The maximum Gasteiger partial charge on any atom is 0.125 e. The van der Waals surface area contributed by atoms with Gasteiger partial charge in [-0.25, -0.2) is 0 Å². The smallest absolute Gasteiger partial charge is 0.125 e. The van der Waals surface area contributed by atoms with Gasteiger partial charge in [0, 0.05) is 12.5 Å². The van der Waals surface area contributed by atoms with Gasteiger partial charge in [0.1, 0.15) is 6.29 Å². The fraction of sp³-hybridized carbons (Fsp3) is 0.889. The Morgan fingerprint density at radius 1 is 1.45 bits per heavy atom. The molecule has 0 amide bonds. The lowest BCUT2D eigenvalue weighted by Gasteiger charge is -2.28. The fourth-order valence-electron chi connectivity index (χ4n) is 1.46. The van der Waals surface area contributed by atoms with Crippen molar-refractivity contribution in [1.82, 2.24) is 0 Å². The van der Waals surface area contributed by atoms with Crippen LogP contribution in [0.4, 0.5) is 0 Å². The van der Waals surface area contributed by atoms with Gasteiger partial charge in [-0.15, -0.1) is 0 Å². The van der Waals surface area contributed by atoms with Gasteiger partial charge in [0.05, 0.1) is 6.61 Å². The zero-order valence-corrected chi connectivity index (χ0v) is 7.25. The standard InChI is InChI=1S/C9H16O2/c1-7(2)9-3-8(4-10)5-11-6-9/h4,7-9H,3,5-6H2,1-2H3. The monoisotopic (exact) mass is 156 g/mol. The first kappa shape index (κ1) is 8.72. The van der Waals surface area contributed by atoms with E-state index in [4.69, 9.17) is 4.74 Å². The van der Waals surface area contributed by atoms with Crippen LogP contribution in [0.25, 0.3) is 0 Å². The molecular weight excluding hydrogens is 140 g/mol. The molecule has 0 saturated carbocycles. The minimum atomic E-state index is 0.149. The lowest BCUT2D eigenvalue weighted by molar-refractivity contribution is -0.116. The number of rotatable bonds is 2. The second-order valence-corrected chi connectivity index (χ2v) is 3.67. The lowest BCUT2D eigenvalue weighted by Crippen LogP contribution is -2.29.